The van der Waals surface area contributed by atoms with Crippen molar-refractivity contribution in [1.82, 2.24) is 0 Å². The van der Waals surface area contributed by atoms with Gasteiger partial charge in [0, 0.05) is 26.9 Å². The molecule has 0 saturated carbocycles. The maximum absolute atomic E-state index is 2.52. The van der Waals surface area contributed by atoms with E-state index in [2.05, 4.69) is 175 Å². The Balaban J connectivity index is 1.36. The molecule has 0 amide bonds. The first kappa shape index (κ1) is 26.0. The van der Waals surface area contributed by atoms with Crippen LogP contribution >= 0.6 is 11.8 Å². The SMILES string of the molecule is c1ccc(N2c3ccccc3B3c4ccccc4Sc4cc(C5(c6ccccc6)c6ccccc6-c6ccccc65)cc2c43)cc1. The van der Waals surface area contributed by atoms with Crippen LogP contribution in [-0.4, -0.2) is 6.71 Å². The molecule has 0 aromatic heterocycles. The molecule has 0 radical (unpaired) electrons. The highest BCUT2D eigenvalue weighted by Crippen LogP contribution is 2.57. The van der Waals surface area contributed by atoms with Gasteiger partial charge in [0.2, 0.25) is 6.71 Å². The van der Waals surface area contributed by atoms with Crippen LogP contribution < -0.4 is 21.3 Å². The van der Waals surface area contributed by atoms with E-state index in [0.29, 0.717) is 0 Å². The molecule has 0 saturated heterocycles. The predicted octanol–water partition coefficient (Wildman–Crippen LogP) is 8.81. The summed E-state index contributed by atoms with van der Waals surface area (Å²) < 4.78 is 0. The van der Waals surface area contributed by atoms with E-state index < -0.39 is 5.41 Å². The number of hydrogen-bond acceptors (Lipinski definition) is 2. The molecule has 0 atom stereocenters. The summed E-state index contributed by atoms with van der Waals surface area (Å²) in [5.74, 6) is 0. The molecule has 0 unspecified atom stereocenters. The molecule has 214 valence electrons. The maximum atomic E-state index is 2.52. The molecule has 46 heavy (non-hydrogen) atoms. The summed E-state index contributed by atoms with van der Waals surface area (Å²) in [5, 5.41) is 0. The Kier molecular flexibility index (Phi) is 5.59. The summed E-state index contributed by atoms with van der Waals surface area (Å²) in [6.07, 6.45) is 0. The van der Waals surface area contributed by atoms with Gasteiger partial charge in [0.25, 0.3) is 0 Å². The molecule has 1 nitrogen and oxygen atoms in total. The third kappa shape index (κ3) is 3.44. The normalized spacial score (nSPS) is 14.5. The Morgan fingerprint density at radius 2 is 1.04 bits per heavy atom. The lowest BCUT2D eigenvalue weighted by atomic mass is 9.34. The highest BCUT2D eigenvalue weighted by Gasteiger charge is 2.48. The topological polar surface area (TPSA) is 3.24 Å². The van der Waals surface area contributed by atoms with Crippen LogP contribution in [0.3, 0.4) is 0 Å². The number of hydrogen-bond donors (Lipinski definition) is 0. The van der Waals surface area contributed by atoms with Crippen molar-refractivity contribution in [2.45, 2.75) is 15.2 Å². The van der Waals surface area contributed by atoms with Crippen LogP contribution in [0.5, 0.6) is 0 Å². The zero-order valence-electron chi connectivity index (χ0n) is 25.1. The largest absolute Gasteiger partial charge is 0.311 e. The fourth-order valence-electron chi connectivity index (χ4n) is 8.43. The lowest BCUT2D eigenvalue weighted by molar-refractivity contribution is 0.766. The molecule has 3 heteroatoms. The Hall–Kier alpha value is -5.25. The van der Waals surface area contributed by atoms with Crippen LogP contribution in [0, 0.1) is 0 Å². The van der Waals surface area contributed by atoms with Crippen molar-refractivity contribution in [1.29, 1.82) is 0 Å². The summed E-state index contributed by atoms with van der Waals surface area (Å²) in [6.45, 7) is 0.170. The third-order valence-electron chi connectivity index (χ3n) is 10.2. The first-order chi connectivity index (χ1) is 22.8. The van der Waals surface area contributed by atoms with Crippen molar-refractivity contribution in [2.75, 3.05) is 4.90 Å². The van der Waals surface area contributed by atoms with Crippen molar-refractivity contribution in [3.8, 4) is 11.1 Å². The zero-order chi connectivity index (χ0) is 30.2. The van der Waals surface area contributed by atoms with Crippen molar-refractivity contribution in [3.05, 3.63) is 192 Å². The summed E-state index contributed by atoms with van der Waals surface area (Å²) in [5.41, 5.74) is 15.3. The zero-order valence-corrected chi connectivity index (χ0v) is 25.9. The fraction of sp³-hybridized carbons (Fsp3) is 0.0233. The van der Waals surface area contributed by atoms with Gasteiger partial charge in [-0.3, -0.25) is 0 Å². The van der Waals surface area contributed by atoms with Gasteiger partial charge in [0.05, 0.1) is 5.41 Å². The van der Waals surface area contributed by atoms with E-state index in [4.69, 9.17) is 0 Å². The first-order valence-electron chi connectivity index (χ1n) is 16.0. The monoisotopic (exact) mass is 601 g/mol. The molecule has 2 heterocycles. The van der Waals surface area contributed by atoms with Gasteiger partial charge in [0.1, 0.15) is 0 Å². The molecule has 0 spiro atoms. The van der Waals surface area contributed by atoms with Gasteiger partial charge in [-0.05, 0) is 80.7 Å². The molecule has 0 N–H and O–H groups in total. The second kappa shape index (κ2) is 9.88. The van der Waals surface area contributed by atoms with E-state index in [0.717, 1.165) is 0 Å². The standard InChI is InChI=1S/C43H28BNS/c1-3-15-29(16-4-1)43(34-21-9-7-19-32(34)33-20-8-10-22-35(33)43)30-27-39-42-41(28-30)46-40-26-14-12-24-37(40)44(42)36-23-11-13-25-38(36)45(39)31-17-5-2-6-18-31/h1-28H. The van der Waals surface area contributed by atoms with Gasteiger partial charge in [0.15, 0.2) is 0 Å². The molecule has 7 aromatic rings. The number of para-hydroxylation sites is 2. The highest BCUT2D eigenvalue weighted by atomic mass is 32.2. The van der Waals surface area contributed by atoms with Crippen LogP contribution in [0.1, 0.15) is 22.3 Å². The van der Waals surface area contributed by atoms with Crippen molar-refractivity contribution in [2.24, 2.45) is 0 Å². The Morgan fingerprint density at radius 1 is 0.457 bits per heavy atom. The van der Waals surface area contributed by atoms with E-state index in [1.165, 1.54) is 76.6 Å². The number of nitrogens with zero attached hydrogens (tertiary/aromatic N) is 1. The number of rotatable bonds is 3. The molecule has 0 bridgehead atoms. The second-order valence-corrected chi connectivity index (χ2v) is 13.5. The van der Waals surface area contributed by atoms with E-state index >= 15 is 0 Å². The Bertz CT molecular complexity index is 2270. The number of benzene rings is 7. The van der Waals surface area contributed by atoms with Gasteiger partial charge in [-0.1, -0.05) is 151 Å². The van der Waals surface area contributed by atoms with Crippen LogP contribution in [0.15, 0.2) is 180 Å². The van der Waals surface area contributed by atoms with Crippen LogP contribution in [0.4, 0.5) is 17.1 Å². The average Bonchev–Trinajstić information content (AvgIpc) is 3.43. The van der Waals surface area contributed by atoms with E-state index in [1.54, 1.807) is 0 Å². The van der Waals surface area contributed by atoms with Gasteiger partial charge < -0.3 is 4.90 Å². The highest BCUT2D eigenvalue weighted by molar-refractivity contribution is 8.00. The summed E-state index contributed by atoms with van der Waals surface area (Å²) in [7, 11) is 0. The van der Waals surface area contributed by atoms with E-state index in [9.17, 15) is 0 Å². The van der Waals surface area contributed by atoms with Crippen LogP contribution in [0.2, 0.25) is 0 Å². The van der Waals surface area contributed by atoms with E-state index in [1.807, 2.05) is 11.8 Å². The Morgan fingerprint density at radius 3 is 1.78 bits per heavy atom. The van der Waals surface area contributed by atoms with Crippen LogP contribution in [-0.2, 0) is 5.41 Å². The summed E-state index contributed by atoms with van der Waals surface area (Å²) >= 11 is 1.92. The second-order valence-electron chi connectivity index (χ2n) is 12.4. The number of anilines is 3. The third-order valence-corrected chi connectivity index (χ3v) is 11.3. The first-order valence-corrected chi connectivity index (χ1v) is 16.8. The van der Waals surface area contributed by atoms with Gasteiger partial charge >= 0.3 is 0 Å². The average molecular weight is 602 g/mol. The lowest BCUT2D eigenvalue weighted by Gasteiger charge is -2.42. The smallest absolute Gasteiger partial charge is 0.249 e. The molecule has 0 fully saturated rings. The molecule has 2 aliphatic heterocycles. The fourth-order valence-corrected chi connectivity index (χ4v) is 9.63. The van der Waals surface area contributed by atoms with E-state index in [-0.39, 0.29) is 6.71 Å². The molecular formula is C43H28BNS. The molecular weight excluding hydrogens is 573 g/mol. The minimum atomic E-state index is -0.466. The quantitative estimate of drug-likeness (QED) is 0.186. The van der Waals surface area contributed by atoms with Crippen LogP contribution in [0.25, 0.3) is 11.1 Å². The summed E-state index contributed by atoms with van der Waals surface area (Å²) in [4.78, 5) is 5.18. The predicted molar refractivity (Wildman–Crippen MR) is 194 cm³/mol. The van der Waals surface area contributed by atoms with Gasteiger partial charge in [-0.15, -0.1) is 0 Å². The van der Waals surface area contributed by atoms with Crippen molar-refractivity contribution < 1.29 is 0 Å². The Labute approximate surface area is 274 Å². The van der Waals surface area contributed by atoms with Crippen molar-refractivity contribution in [3.63, 3.8) is 0 Å². The molecule has 7 aromatic carbocycles. The minimum Gasteiger partial charge on any atom is -0.311 e. The maximum Gasteiger partial charge on any atom is 0.249 e. The minimum absolute atomic E-state index is 0.170. The number of fused-ring (bicyclic) bond motifs is 7. The molecule has 10 rings (SSSR count). The van der Waals surface area contributed by atoms with Gasteiger partial charge in [-0.25, -0.2) is 0 Å². The van der Waals surface area contributed by atoms with Crippen molar-refractivity contribution >= 4 is 51.9 Å². The summed E-state index contributed by atoms with van der Waals surface area (Å²) in [6, 6.07) is 63.2. The molecule has 1 aliphatic carbocycles. The lowest BCUT2D eigenvalue weighted by Crippen LogP contribution is -2.60. The van der Waals surface area contributed by atoms with Gasteiger partial charge in [-0.2, -0.15) is 0 Å². The molecule has 3 aliphatic rings.